The summed E-state index contributed by atoms with van der Waals surface area (Å²) < 4.78 is 11.0. The Morgan fingerprint density at radius 2 is 2.44 bits per heavy atom. The van der Waals surface area contributed by atoms with Gasteiger partial charge in [-0.1, -0.05) is 23.6 Å². The van der Waals surface area contributed by atoms with E-state index in [1.165, 1.54) is 0 Å². The maximum atomic E-state index is 6.13. The molecule has 96 valence electrons. The van der Waals surface area contributed by atoms with Gasteiger partial charge in [0.15, 0.2) is 0 Å². The third kappa shape index (κ3) is 3.64. The van der Waals surface area contributed by atoms with Crippen molar-refractivity contribution in [2.75, 3.05) is 26.3 Å². The van der Waals surface area contributed by atoms with Gasteiger partial charge >= 0.3 is 0 Å². The highest BCUT2D eigenvalue weighted by molar-refractivity contribution is 6.32. The molecule has 0 unspecified atom stereocenters. The van der Waals surface area contributed by atoms with Crippen LogP contribution in [-0.4, -0.2) is 32.4 Å². The molecular formula is C14H16ClNO2. The van der Waals surface area contributed by atoms with Gasteiger partial charge in [0.2, 0.25) is 0 Å². The molecule has 3 nitrogen and oxygen atoms in total. The molecule has 1 aliphatic rings. The van der Waals surface area contributed by atoms with Gasteiger partial charge in [-0.3, -0.25) is 0 Å². The number of terminal acetylenes is 1. The van der Waals surface area contributed by atoms with Gasteiger partial charge in [-0.15, -0.1) is 6.42 Å². The fraction of sp³-hybridized carbons (Fsp3) is 0.429. The molecule has 1 aromatic carbocycles. The highest BCUT2D eigenvalue weighted by Crippen LogP contribution is 2.26. The van der Waals surface area contributed by atoms with Crippen LogP contribution in [0.4, 0.5) is 0 Å². The summed E-state index contributed by atoms with van der Waals surface area (Å²) in [5.74, 6) is 3.04. The van der Waals surface area contributed by atoms with E-state index in [-0.39, 0.29) is 12.7 Å². The highest BCUT2D eigenvalue weighted by Gasteiger charge is 2.14. The standard InChI is InChI=1S/C14H16ClNO2/c1-2-6-18-14-4-3-11(9-13(14)15)8-12-10-16-5-7-17-12/h1,3-4,9,12,16H,5-8,10H2/t12-/m1/s1. The third-order valence-electron chi connectivity index (χ3n) is 2.78. The molecule has 1 fully saturated rings. The first-order valence-electron chi connectivity index (χ1n) is 5.96. The van der Waals surface area contributed by atoms with E-state index in [4.69, 9.17) is 27.5 Å². The molecule has 1 aliphatic heterocycles. The second-order valence-corrected chi connectivity index (χ2v) is 4.57. The monoisotopic (exact) mass is 265 g/mol. The van der Waals surface area contributed by atoms with Crippen LogP contribution in [0, 0.1) is 12.3 Å². The average molecular weight is 266 g/mol. The second-order valence-electron chi connectivity index (χ2n) is 4.16. The SMILES string of the molecule is C#CCOc1ccc(C[C@@H]2CNCCO2)cc1Cl. The Morgan fingerprint density at radius 3 is 3.11 bits per heavy atom. The first-order chi connectivity index (χ1) is 8.79. The maximum absolute atomic E-state index is 6.13. The number of hydrogen-bond acceptors (Lipinski definition) is 3. The number of rotatable bonds is 4. The second kappa shape index (κ2) is 6.65. The van der Waals surface area contributed by atoms with Crippen LogP contribution >= 0.6 is 11.6 Å². The molecule has 0 spiro atoms. The minimum atomic E-state index is 0.215. The molecule has 4 heteroatoms. The van der Waals surface area contributed by atoms with Crippen LogP contribution in [-0.2, 0) is 11.2 Å². The fourth-order valence-corrected chi connectivity index (χ4v) is 2.18. The zero-order chi connectivity index (χ0) is 12.8. The zero-order valence-electron chi connectivity index (χ0n) is 10.1. The summed E-state index contributed by atoms with van der Waals surface area (Å²) >= 11 is 6.13. The van der Waals surface area contributed by atoms with E-state index in [1.54, 1.807) is 0 Å². The van der Waals surface area contributed by atoms with Gasteiger partial charge in [0.05, 0.1) is 17.7 Å². The van der Waals surface area contributed by atoms with Gasteiger partial charge in [-0.25, -0.2) is 0 Å². The summed E-state index contributed by atoms with van der Waals surface area (Å²) in [6.07, 6.45) is 6.20. The van der Waals surface area contributed by atoms with E-state index < -0.39 is 0 Å². The highest BCUT2D eigenvalue weighted by atomic mass is 35.5. The molecule has 2 rings (SSSR count). The summed E-state index contributed by atoms with van der Waals surface area (Å²) in [5.41, 5.74) is 1.14. The molecular weight excluding hydrogens is 250 g/mol. The molecule has 0 saturated carbocycles. The number of hydrogen-bond donors (Lipinski definition) is 1. The van der Waals surface area contributed by atoms with Gasteiger partial charge in [-0.05, 0) is 24.1 Å². The van der Waals surface area contributed by atoms with Gasteiger partial charge in [0, 0.05) is 13.1 Å². The van der Waals surface area contributed by atoms with Crippen molar-refractivity contribution >= 4 is 11.6 Å². The Kier molecular flexibility index (Phi) is 4.89. The molecule has 0 radical (unpaired) electrons. The van der Waals surface area contributed by atoms with E-state index in [1.807, 2.05) is 18.2 Å². The Bertz CT molecular complexity index is 436. The van der Waals surface area contributed by atoms with Crippen LogP contribution in [0.25, 0.3) is 0 Å². The van der Waals surface area contributed by atoms with Crippen molar-refractivity contribution in [2.24, 2.45) is 0 Å². The largest absolute Gasteiger partial charge is 0.479 e. The predicted octanol–water partition coefficient (Wildman–Crippen LogP) is 1.88. The molecule has 1 saturated heterocycles. The normalized spacial score (nSPS) is 19.2. The molecule has 0 aliphatic carbocycles. The van der Waals surface area contributed by atoms with E-state index in [0.717, 1.165) is 31.7 Å². The Hall–Kier alpha value is -1.21. The van der Waals surface area contributed by atoms with E-state index in [9.17, 15) is 0 Å². The number of halogens is 1. The summed E-state index contributed by atoms with van der Waals surface area (Å²) in [5, 5.41) is 3.89. The summed E-state index contributed by atoms with van der Waals surface area (Å²) in [7, 11) is 0. The molecule has 1 N–H and O–H groups in total. The Morgan fingerprint density at radius 1 is 1.56 bits per heavy atom. The lowest BCUT2D eigenvalue weighted by molar-refractivity contribution is 0.0292. The molecule has 0 bridgehead atoms. The number of nitrogens with one attached hydrogen (secondary N) is 1. The first kappa shape index (κ1) is 13.2. The van der Waals surface area contributed by atoms with Crippen molar-refractivity contribution in [3.63, 3.8) is 0 Å². The van der Waals surface area contributed by atoms with Crippen molar-refractivity contribution in [1.82, 2.24) is 5.32 Å². The van der Waals surface area contributed by atoms with Crippen molar-refractivity contribution in [1.29, 1.82) is 0 Å². The van der Waals surface area contributed by atoms with Crippen molar-refractivity contribution < 1.29 is 9.47 Å². The summed E-state index contributed by atoms with van der Waals surface area (Å²) in [4.78, 5) is 0. The predicted molar refractivity (Wildman–Crippen MR) is 72.1 cm³/mol. The summed E-state index contributed by atoms with van der Waals surface area (Å²) in [6, 6.07) is 5.76. The fourth-order valence-electron chi connectivity index (χ4n) is 1.92. The van der Waals surface area contributed by atoms with Crippen LogP contribution in [0.15, 0.2) is 18.2 Å². The van der Waals surface area contributed by atoms with Gasteiger partial charge in [0.1, 0.15) is 12.4 Å². The molecule has 1 heterocycles. The molecule has 18 heavy (non-hydrogen) atoms. The van der Waals surface area contributed by atoms with Crippen LogP contribution in [0.1, 0.15) is 5.56 Å². The lowest BCUT2D eigenvalue weighted by Crippen LogP contribution is -2.39. The van der Waals surface area contributed by atoms with E-state index >= 15 is 0 Å². The minimum absolute atomic E-state index is 0.215. The van der Waals surface area contributed by atoms with Gasteiger partial charge in [-0.2, -0.15) is 0 Å². The zero-order valence-corrected chi connectivity index (χ0v) is 10.9. The minimum Gasteiger partial charge on any atom is -0.479 e. The quantitative estimate of drug-likeness (QED) is 0.844. The number of benzene rings is 1. The lowest BCUT2D eigenvalue weighted by Gasteiger charge is -2.23. The Balaban J connectivity index is 1.97. The maximum Gasteiger partial charge on any atom is 0.148 e. The van der Waals surface area contributed by atoms with Crippen LogP contribution < -0.4 is 10.1 Å². The van der Waals surface area contributed by atoms with Crippen LogP contribution in [0.3, 0.4) is 0 Å². The average Bonchev–Trinajstić information content (AvgIpc) is 2.39. The van der Waals surface area contributed by atoms with Crippen molar-refractivity contribution in [3.8, 4) is 18.1 Å². The Labute approximate surface area is 112 Å². The van der Waals surface area contributed by atoms with Crippen LogP contribution in [0.2, 0.25) is 5.02 Å². The van der Waals surface area contributed by atoms with E-state index in [2.05, 4.69) is 11.2 Å². The van der Waals surface area contributed by atoms with Crippen molar-refractivity contribution in [2.45, 2.75) is 12.5 Å². The lowest BCUT2D eigenvalue weighted by atomic mass is 10.1. The summed E-state index contributed by atoms with van der Waals surface area (Å²) in [6.45, 7) is 2.81. The van der Waals surface area contributed by atoms with E-state index in [0.29, 0.717) is 10.8 Å². The van der Waals surface area contributed by atoms with Gasteiger partial charge < -0.3 is 14.8 Å². The number of morpholine rings is 1. The molecule has 0 amide bonds. The third-order valence-corrected chi connectivity index (χ3v) is 3.07. The molecule has 1 atom stereocenters. The molecule has 1 aromatic rings. The molecule has 0 aromatic heterocycles. The van der Waals surface area contributed by atoms with Crippen LogP contribution in [0.5, 0.6) is 5.75 Å². The first-order valence-corrected chi connectivity index (χ1v) is 6.34. The van der Waals surface area contributed by atoms with Crippen molar-refractivity contribution in [3.05, 3.63) is 28.8 Å². The number of ether oxygens (including phenoxy) is 2. The van der Waals surface area contributed by atoms with Gasteiger partial charge in [0.25, 0.3) is 0 Å². The smallest absolute Gasteiger partial charge is 0.148 e. The topological polar surface area (TPSA) is 30.5 Å².